The fourth-order valence-corrected chi connectivity index (χ4v) is 1.91. The molecule has 0 bridgehead atoms. The first-order chi connectivity index (χ1) is 8.66. The van der Waals surface area contributed by atoms with Crippen molar-refractivity contribution >= 4 is 0 Å². The molecule has 0 aliphatic carbocycles. The minimum atomic E-state index is -0.717. The van der Waals surface area contributed by atoms with Crippen LogP contribution in [0.2, 0.25) is 0 Å². The molecule has 0 rings (SSSR count). The molecule has 0 aliphatic rings. The van der Waals surface area contributed by atoms with Gasteiger partial charge in [0.2, 0.25) is 0 Å². The summed E-state index contributed by atoms with van der Waals surface area (Å²) in [5.74, 6) is 0.844. The molecule has 1 atom stereocenters. The van der Waals surface area contributed by atoms with Crippen LogP contribution in [0.4, 0.5) is 0 Å². The Bertz CT molecular complexity index is 160. The Hall–Kier alpha value is -0.120. The van der Waals surface area contributed by atoms with E-state index in [0.717, 1.165) is 12.3 Å². The maximum absolute atomic E-state index is 9.05. The summed E-state index contributed by atoms with van der Waals surface area (Å²) in [6.45, 7) is 5.31. The van der Waals surface area contributed by atoms with Gasteiger partial charge in [-0.05, 0) is 12.3 Å². The van der Waals surface area contributed by atoms with Crippen molar-refractivity contribution in [2.45, 2.75) is 71.3 Å². The molecular weight excluding hydrogens is 228 g/mol. The smallest absolute Gasteiger partial charge is 0.100 e. The van der Waals surface area contributed by atoms with Crippen LogP contribution in [0.25, 0.3) is 0 Å². The molecule has 3 nitrogen and oxygen atoms in total. The molecule has 1 unspecified atom stereocenters. The largest absolute Gasteiger partial charge is 0.394 e. The Kier molecular flexibility index (Phi) is 13.2. The summed E-state index contributed by atoms with van der Waals surface area (Å²) in [6.07, 6.45) is 9.63. The van der Waals surface area contributed by atoms with Crippen molar-refractivity contribution in [3.63, 3.8) is 0 Å². The van der Waals surface area contributed by atoms with Crippen LogP contribution in [0.15, 0.2) is 0 Å². The molecule has 2 N–H and O–H groups in total. The van der Waals surface area contributed by atoms with Gasteiger partial charge >= 0.3 is 0 Å². The van der Waals surface area contributed by atoms with Gasteiger partial charge in [0.15, 0.2) is 0 Å². The minimum absolute atomic E-state index is 0.212. The summed E-state index contributed by atoms with van der Waals surface area (Å²) < 4.78 is 5.25. The standard InChI is InChI=1S/C15H32O3/c1-14(2)10-8-6-4-3-5-7-9-11-18-13-15(17)12-16/h14-17H,3-13H2,1-2H3. The maximum Gasteiger partial charge on any atom is 0.100 e. The van der Waals surface area contributed by atoms with Gasteiger partial charge in [0.05, 0.1) is 13.2 Å². The molecular formula is C15H32O3. The van der Waals surface area contributed by atoms with Crippen LogP contribution in [0.5, 0.6) is 0 Å². The zero-order chi connectivity index (χ0) is 13.6. The second-order valence-corrected chi connectivity index (χ2v) is 5.57. The molecule has 0 radical (unpaired) electrons. The molecule has 0 saturated carbocycles. The molecule has 18 heavy (non-hydrogen) atoms. The normalized spacial score (nSPS) is 13.2. The Morgan fingerprint density at radius 3 is 2.00 bits per heavy atom. The third-order valence-electron chi connectivity index (χ3n) is 3.09. The van der Waals surface area contributed by atoms with E-state index in [-0.39, 0.29) is 13.2 Å². The van der Waals surface area contributed by atoms with Crippen LogP contribution in [0.1, 0.15) is 65.2 Å². The SMILES string of the molecule is CC(C)CCCCCCCCCOCC(O)CO. The van der Waals surface area contributed by atoms with E-state index in [1.165, 1.54) is 44.9 Å². The summed E-state index contributed by atoms with van der Waals surface area (Å²) in [6, 6.07) is 0. The number of ether oxygens (including phenoxy) is 1. The molecule has 0 aliphatic heterocycles. The second kappa shape index (κ2) is 13.3. The highest BCUT2D eigenvalue weighted by Gasteiger charge is 2.00. The Labute approximate surface area is 113 Å². The zero-order valence-corrected chi connectivity index (χ0v) is 12.2. The first-order valence-electron chi connectivity index (χ1n) is 7.53. The van der Waals surface area contributed by atoms with Gasteiger partial charge in [-0.1, -0.05) is 58.8 Å². The summed E-state index contributed by atoms with van der Waals surface area (Å²) in [5, 5.41) is 17.6. The van der Waals surface area contributed by atoms with Crippen LogP contribution in [-0.2, 0) is 4.74 Å². The molecule has 0 fully saturated rings. The Morgan fingerprint density at radius 1 is 0.889 bits per heavy atom. The third-order valence-corrected chi connectivity index (χ3v) is 3.09. The number of aliphatic hydroxyl groups excluding tert-OH is 2. The molecule has 0 aromatic carbocycles. The van der Waals surface area contributed by atoms with Crippen LogP contribution >= 0.6 is 0 Å². The summed E-state index contributed by atoms with van der Waals surface area (Å²) in [4.78, 5) is 0. The summed E-state index contributed by atoms with van der Waals surface area (Å²) >= 11 is 0. The van der Waals surface area contributed by atoms with E-state index in [9.17, 15) is 0 Å². The number of hydrogen-bond acceptors (Lipinski definition) is 3. The Morgan fingerprint density at radius 2 is 1.44 bits per heavy atom. The van der Waals surface area contributed by atoms with Crippen molar-refractivity contribution in [2.75, 3.05) is 19.8 Å². The van der Waals surface area contributed by atoms with Crippen LogP contribution < -0.4 is 0 Å². The van der Waals surface area contributed by atoms with Gasteiger partial charge in [0, 0.05) is 6.61 Å². The first-order valence-corrected chi connectivity index (χ1v) is 7.53. The average Bonchev–Trinajstić information content (AvgIpc) is 2.35. The van der Waals surface area contributed by atoms with E-state index in [1.54, 1.807) is 0 Å². The van der Waals surface area contributed by atoms with Crippen LogP contribution in [0, 0.1) is 5.92 Å². The predicted octanol–water partition coefficient (Wildman–Crippen LogP) is 3.13. The van der Waals surface area contributed by atoms with Gasteiger partial charge in [0.25, 0.3) is 0 Å². The number of hydrogen-bond donors (Lipinski definition) is 2. The van der Waals surface area contributed by atoms with Crippen molar-refractivity contribution in [1.29, 1.82) is 0 Å². The van der Waals surface area contributed by atoms with E-state index >= 15 is 0 Å². The van der Waals surface area contributed by atoms with Crippen molar-refractivity contribution in [2.24, 2.45) is 5.92 Å². The maximum atomic E-state index is 9.05. The van der Waals surface area contributed by atoms with E-state index in [0.29, 0.717) is 6.61 Å². The second-order valence-electron chi connectivity index (χ2n) is 5.57. The lowest BCUT2D eigenvalue weighted by molar-refractivity contribution is 0.00526. The number of aliphatic hydroxyl groups is 2. The molecule has 0 aromatic heterocycles. The van der Waals surface area contributed by atoms with E-state index < -0.39 is 6.10 Å². The van der Waals surface area contributed by atoms with Gasteiger partial charge in [-0.3, -0.25) is 0 Å². The van der Waals surface area contributed by atoms with E-state index in [1.807, 2.05) is 0 Å². The van der Waals surface area contributed by atoms with Crippen LogP contribution in [0.3, 0.4) is 0 Å². The minimum Gasteiger partial charge on any atom is -0.394 e. The molecule has 3 heteroatoms. The van der Waals surface area contributed by atoms with Gasteiger partial charge in [-0.15, -0.1) is 0 Å². The Balaban J connectivity index is 2.99. The van der Waals surface area contributed by atoms with E-state index in [4.69, 9.17) is 14.9 Å². The molecule has 0 amide bonds. The number of rotatable bonds is 13. The first kappa shape index (κ1) is 17.9. The highest BCUT2D eigenvalue weighted by Crippen LogP contribution is 2.11. The summed E-state index contributed by atoms with van der Waals surface area (Å²) in [5.41, 5.74) is 0. The molecule has 110 valence electrons. The van der Waals surface area contributed by atoms with Crippen molar-refractivity contribution in [1.82, 2.24) is 0 Å². The highest BCUT2D eigenvalue weighted by atomic mass is 16.5. The van der Waals surface area contributed by atoms with Gasteiger partial charge < -0.3 is 14.9 Å². The number of unbranched alkanes of at least 4 members (excludes halogenated alkanes) is 6. The average molecular weight is 260 g/mol. The molecule has 0 heterocycles. The van der Waals surface area contributed by atoms with Gasteiger partial charge in [-0.2, -0.15) is 0 Å². The van der Waals surface area contributed by atoms with Crippen molar-refractivity contribution in [3.05, 3.63) is 0 Å². The highest BCUT2D eigenvalue weighted by molar-refractivity contribution is 4.51. The fourth-order valence-electron chi connectivity index (χ4n) is 1.91. The van der Waals surface area contributed by atoms with E-state index in [2.05, 4.69) is 13.8 Å². The lowest BCUT2D eigenvalue weighted by Crippen LogP contribution is -2.19. The fraction of sp³-hybridized carbons (Fsp3) is 1.00. The zero-order valence-electron chi connectivity index (χ0n) is 12.2. The molecule has 0 saturated heterocycles. The summed E-state index contributed by atoms with van der Waals surface area (Å²) in [7, 11) is 0. The lowest BCUT2D eigenvalue weighted by atomic mass is 10.0. The molecule has 0 aromatic rings. The monoisotopic (exact) mass is 260 g/mol. The van der Waals surface area contributed by atoms with Crippen molar-refractivity contribution in [3.8, 4) is 0 Å². The van der Waals surface area contributed by atoms with Crippen molar-refractivity contribution < 1.29 is 14.9 Å². The van der Waals surface area contributed by atoms with Crippen LogP contribution in [-0.4, -0.2) is 36.1 Å². The molecule has 0 spiro atoms. The van der Waals surface area contributed by atoms with Gasteiger partial charge in [-0.25, -0.2) is 0 Å². The lowest BCUT2D eigenvalue weighted by Gasteiger charge is -2.08. The van der Waals surface area contributed by atoms with Gasteiger partial charge in [0.1, 0.15) is 6.10 Å². The third kappa shape index (κ3) is 13.9. The quantitative estimate of drug-likeness (QED) is 0.500. The predicted molar refractivity (Wildman–Crippen MR) is 75.7 cm³/mol. The topological polar surface area (TPSA) is 49.7 Å².